The Morgan fingerprint density at radius 3 is 2.11 bits per heavy atom. The van der Waals surface area contributed by atoms with Crippen LogP contribution in [-0.2, 0) is 20.2 Å². The van der Waals surface area contributed by atoms with E-state index in [2.05, 4.69) is 10.2 Å². The van der Waals surface area contributed by atoms with Crippen LogP contribution >= 0.6 is 0 Å². The molecule has 0 aliphatic rings. The number of ketones is 1. The minimum atomic E-state index is -5.05. The second-order valence-electron chi connectivity index (χ2n) is 6.62. The van der Waals surface area contributed by atoms with E-state index in [0.717, 1.165) is 36.4 Å². The number of Topliss-reactive ketones (excluding diaryl/α,β-unsaturated/α-hetero) is 1. The molecule has 0 atom stereocenters. The van der Waals surface area contributed by atoms with Crippen LogP contribution in [0, 0.1) is 10.1 Å². The van der Waals surface area contributed by atoms with E-state index < -0.39 is 57.9 Å². The first kappa shape index (κ1) is 31.2. The maximum Gasteiger partial charge on any atom is 1.00 e. The molecule has 0 bridgehead atoms. The number of azo groups is 1. The van der Waals surface area contributed by atoms with Crippen molar-refractivity contribution < 1.29 is 101 Å². The molecule has 0 saturated carbocycles. The minimum absolute atomic E-state index is 0. The number of carbonyl (C=O) groups is 1. The number of rotatable bonds is 6. The first-order valence-electron chi connectivity index (χ1n) is 8.66. The van der Waals surface area contributed by atoms with E-state index in [0.29, 0.717) is 0 Å². The van der Waals surface area contributed by atoms with E-state index in [1.54, 1.807) is 0 Å². The van der Waals surface area contributed by atoms with Gasteiger partial charge in [-0.1, -0.05) is 0 Å². The summed E-state index contributed by atoms with van der Waals surface area (Å²) in [4.78, 5) is 20.4. The largest absolute Gasteiger partial charge is 1.00 e. The molecule has 17 heteroatoms. The summed E-state index contributed by atoms with van der Waals surface area (Å²) in [6.45, 7) is 1.19. The summed E-state index contributed by atoms with van der Waals surface area (Å²) in [6, 6.07) is 6.86. The van der Waals surface area contributed by atoms with Crippen molar-refractivity contribution in [3.63, 3.8) is 0 Å². The molecular formula is C18H14N3Na2O10S2+. The Labute approximate surface area is 244 Å². The zero-order valence-electron chi connectivity index (χ0n) is 19.4. The Kier molecular flexibility index (Phi) is 10.3. The van der Waals surface area contributed by atoms with Gasteiger partial charge in [-0.15, -0.1) is 10.2 Å². The Balaban J connectivity index is 0.00000408. The molecule has 0 spiro atoms. The van der Waals surface area contributed by atoms with E-state index in [1.807, 2.05) is 0 Å². The van der Waals surface area contributed by atoms with Crippen LogP contribution in [0.5, 0.6) is 5.75 Å². The number of hydrogen-bond acceptors (Lipinski definition) is 10. The van der Waals surface area contributed by atoms with E-state index in [1.165, 1.54) is 13.0 Å². The summed E-state index contributed by atoms with van der Waals surface area (Å²) >= 11 is 0. The molecule has 0 fully saturated rings. The van der Waals surface area contributed by atoms with Crippen LogP contribution < -0.4 is 59.1 Å². The SMILES string of the molecule is CC(=O)c1ccc(N=Nc2c(S(=O)(=O)O)cc3cc(S(=O)(=O)O)ccc3c2O)c([N+](=O)[O-])c1.[H-].[Na+].[Na+]. The van der Waals surface area contributed by atoms with Crippen molar-refractivity contribution in [3.8, 4) is 5.75 Å². The number of carbonyl (C=O) groups excluding carboxylic acids is 1. The van der Waals surface area contributed by atoms with Gasteiger partial charge >= 0.3 is 59.1 Å². The van der Waals surface area contributed by atoms with Gasteiger partial charge in [0.25, 0.3) is 25.9 Å². The molecule has 0 amide bonds. The van der Waals surface area contributed by atoms with Crippen LogP contribution in [-0.4, -0.2) is 41.8 Å². The molecule has 0 saturated heterocycles. The Bertz CT molecular complexity index is 1600. The van der Waals surface area contributed by atoms with Crippen LogP contribution in [0.15, 0.2) is 62.5 Å². The average molecular weight is 542 g/mol. The Morgan fingerprint density at radius 1 is 0.971 bits per heavy atom. The van der Waals surface area contributed by atoms with Crippen molar-refractivity contribution in [2.45, 2.75) is 16.7 Å². The van der Waals surface area contributed by atoms with Crippen LogP contribution in [0.1, 0.15) is 18.7 Å². The van der Waals surface area contributed by atoms with Gasteiger partial charge < -0.3 is 6.53 Å². The second kappa shape index (κ2) is 11.5. The topological polar surface area (TPSA) is 214 Å². The number of fused-ring (bicyclic) bond motifs is 1. The molecule has 0 radical (unpaired) electrons. The first-order valence-corrected chi connectivity index (χ1v) is 11.5. The zero-order chi connectivity index (χ0) is 24.7. The third kappa shape index (κ3) is 6.91. The molecule has 0 aliphatic carbocycles. The summed E-state index contributed by atoms with van der Waals surface area (Å²) < 4.78 is 65.1. The molecule has 3 aromatic rings. The molecule has 13 nitrogen and oxygen atoms in total. The third-order valence-electron chi connectivity index (χ3n) is 4.43. The third-order valence-corrected chi connectivity index (χ3v) is 6.15. The van der Waals surface area contributed by atoms with Gasteiger partial charge in [0.1, 0.15) is 10.6 Å². The molecule has 0 heterocycles. The zero-order valence-corrected chi connectivity index (χ0v) is 24.0. The molecule has 3 N–H and O–H groups in total. The number of benzene rings is 3. The fourth-order valence-corrected chi connectivity index (χ4v) is 4.03. The van der Waals surface area contributed by atoms with Crippen LogP contribution in [0.2, 0.25) is 0 Å². The van der Waals surface area contributed by atoms with Crippen molar-refractivity contribution in [2.75, 3.05) is 0 Å². The number of nitro groups is 1. The van der Waals surface area contributed by atoms with Crippen LogP contribution in [0.25, 0.3) is 10.8 Å². The van der Waals surface area contributed by atoms with Crippen molar-refractivity contribution in [3.05, 3.63) is 58.1 Å². The van der Waals surface area contributed by atoms with Crippen molar-refractivity contribution in [2.24, 2.45) is 10.2 Å². The number of aromatic hydroxyl groups is 1. The van der Waals surface area contributed by atoms with Gasteiger partial charge in [-0.05, 0) is 48.7 Å². The molecule has 174 valence electrons. The Hall–Kier alpha value is -1.79. The maximum absolute atomic E-state index is 11.9. The summed E-state index contributed by atoms with van der Waals surface area (Å²) in [5.74, 6) is -1.29. The molecule has 0 aromatic heterocycles. The molecule has 0 unspecified atom stereocenters. The number of nitrogens with zero attached hydrogens (tertiary/aromatic N) is 3. The number of phenolic OH excluding ortho intramolecular Hbond substituents is 1. The van der Waals surface area contributed by atoms with Crippen molar-refractivity contribution >= 4 is 53.9 Å². The number of hydrogen-bond donors (Lipinski definition) is 3. The van der Waals surface area contributed by atoms with E-state index >= 15 is 0 Å². The second-order valence-corrected chi connectivity index (χ2v) is 9.43. The minimum Gasteiger partial charge on any atom is -1.00 e. The number of phenols is 1. The Morgan fingerprint density at radius 2 is 1.60 bits per heavy atom. The van der Waals surface area contributed by atoms with Gasteiger partial charge in [0, 0.05) is 17.0 Å². The molecule has 3 aromatic carbocycles. The van der Waals surface area contributed by atoms with Crippen LogP contribution in [0.3, 0.4) is 0 Å². The van der Waals surface area contributed by atoms with Gasteiger partial charge in [0.05, 0.1) is 9.82 Å². The van der Waals surface area contributed by atoms with E-state index in [4.69, 9.17) is 4.55 Å². The molecular weight excluding hydrogens is 528 g/mol. The molecule has 0 aliphatic heterocycles. The van der Waals surface area contributed by atoms with Gasteiger partial charge in [-0.25, -0.2) is 0 Å². The normalized spacial score (nSPS) is 11.6. The average Bonchev–Trinajstić information content (AvgIpc) is 2.70. The monoisotopic (exact) mass is 542 g/mol. The fraction of sp³-hybridized carbons (Fsp3) is 0.0556. The predicted molar refractivity (Wildman–Crippen MR) is 114 cm³/mol. The van der Waals surface area contributed by atoms with Crippen molar-refractivity contribution in [1.29, 1.82) is 0 Å². The van der Waals surface area contributed by atoms with E-state index in [9.17, 15) is 41.4 Å². The summed E-state index contributed by atoms with van der Waals surface area (Å²) in [6.07, 6.45) is 0. The van der Waals surface area contributed by atoms with Gasteiger partial charge in [-0.2, -0.15) is 16.8 Å². The smallest absolute Gasteiger partial charge is 1.00 e. The summed E-state index contributed by atoms with van der Waals surface area (Å²) in [5, 5.41) is 28.7. The quantitative estimate of drug-likeness (QED) is 0.0755. The predicted octanol–water partition coefficient (Wildman–Crippen LogP) is -2.31. The maximum atomic E-state index is 11.9. The van der Waals surface area contributed by atoms with Gasteiger partial charge in [-0.3, -0.25) is 24.0 Å². The summed E-state index contributed by atoms with van der Waals surface area (Å²) in [7, 11) is -9.71. The standard InChI is InChI=1S/C18H13N3O10S2.2Na.H/c1-9(22)10-2-5-14(15(7-10)21(24)25)19-20-17-16(33(29,30)31)8-11-6-12(32(26,27)28)3-4-13(11)18(17)23;;;/h2-8,23H,1H3,(H,26,27,28)(H,29,30,31);;;/q;2*+1;-1. The van der Waals surface area contributed by atoms with Crippen molar-refractivity contribution in [1.82, 2.24) is 0 Å². The van der Waals surface area contributed by atoms with Gasteiger partial charge in [0.15, 0.2) is 17.2 Å². The fourth-order valence-electron chi connectivity index (χ4n) is 2.86. The first-order chi connectivity index (χ1) is 15.2. The van der Waals surface area contributed by atoms with Crippen LogP contribution in [0.4, 0.5) is 17.1 Å². The van der Waals surface area contributed by atoms with E-state index in [-0.39, 0.29) is 82.6 Å². The molecule has 3 rings (SSSR count). The summed E-state index contributed by atoms with van der Waals surface area (Å²) in [5.41, 5.74) is -1.78. The van der Waals surface area contributed by atoms with Gasteiger partial charge in [0.2, 0.25) is 0 Å². The number of nitro benzene ring substituents is 1. The molecule has 35 heavy (non-hydrogen) atoms.